The van der Waals surface area contributed by atoms with Crippen LogP contribution in [0, 0.1) is 0 Å². The Morgan fingerprint density at radius 3 is 2.75 bits per heavy atom. The first-order valence-electron chi connectivity index (χ1n) is 7.42. The van der Waals surface area contributed by atoms with E-state index in [2.05, 4.69) is 23.2 Å². The summed E-state index contributed by atoms with van der Waals surface area (Å²) in [5, 5.41) is 3.33. The molecule has 4 heteroatoms. The van der Waals surface area contributed by atoms with Gasteiger partial charge in [-0.25, -0.2) is 0 Å². The van der Waals surface area contributed by atoms with E-state index in [1.54, 1.807) is 0 Å². The molecule has 1 aromatic carbocycles. The summed E-state index contributed by atoms with van der Waals surface area (Å²) in [6.07, 6.45) is 2.01. The smallest absolute Gasteiger partial charge is 0.253 e. The number of anilines is 1. The first kappa shape index (κ1) is 14.9. The number of nitrogens with one attached hydrogen (secondary N) is 1. The maximum Gasteiger partial charge on any atom is 0.253 e. The topological polar surface area (TPSA) is 35.6 Å². The molecule has 1 aromatic rings. The zero-order valence-electron chi connectivity index (χ0n) is 12.8. The van der Waals surface area contributed by atoms with Crippen LogP contribution in [-0.2, 0) is 6.42 Å². The molecule has 1 aliphatic rings. The SMILES string of the molecule is CCCN(CCN(C)C)C(=O)c1ccc2c(c1)CCN2. The Bertz CT molecular complexity index is 471. The molecule has 110 valence electrons. The van der Waals surface area contributed by atoms with Crippen molar-refractivity contribution < 1.29 is 4.79 Å². The Morgan fingerprint density at radius 2 is 2.05 bits per heavy atom. The van der Waals surface area contributed by atoms with Crippen molar-refractivity contribution in [1.82, 2.24) is 9.80 Å². The van der Waals surface area contributed by atoms with Crippen LogP contribution in [0.5, 0.6) is 0 Å². The van der Waals surface area contributed by atoms with E-state index in [1.807, 2.05) is 31.1 Å². The molecule has 1 N–H and O–H groups in total. The van der Waals surface area contributed by atoms with Gasteiger partial charge in [-0.1, -0.05) is 6.92 Å². The highest BCUT2D eigenvalue weighted by molar-refractivity contribution is 5.95. The lowest BCUT2D eigenvalue weighted by Gasteiger charge is -2.24. The molecule has 1 amide bonds. The van der Waals surface area contributed by atoms with Gasteiger partial charge in [-0.2, -0.15) is 0 Å². The van der Waals surface area contributed by atoms with Crippen molar-refractivity contribution in [3.63, 3.8) is 0 Å². The molecule has 0 fully saturated rings. The van der Waals surface area contributed by atoms with Gasteiger partial charge < -0.3 is 15.1 Å². The quantitative estimate of drug-likeness (QED) is 0.863. The minimum absolute atomic E-state index is 0.156. The number of fused-ring (bicyclic) bond motifs is 1. The molecule has 2 rings (SSSR count). The molecular formula is C16H25N3O. The molecule has 0 radical (unpaired) electrons. The van der Waals surface area contributed by atoms with E-state index in [4.69, 9.17) is 0 Å². The lowest BCUT2D eigenvalue weighted by molar-refractivity contribution is 0.0745. The summed E-state index contributed by atoms with van der Waals surface area (Å²) in [5.74, 6) is 0.156. The summed E-state index contributed by atoms with van der Waals surface area (Å²) in [6.45, 7) is 5.60. The maximum absolute atomic E-state index is 12.6. The number of carbonyl (C=O) groups excluding carboxylic acids is 1. The van der Waals surface area contributed by atoms with Crippen molar-refractivity contribution in [2.75, 3.05) is 45.6 Å². The Balaban J connectivity index is 2.10. The van der Waals surface area contributed by atoms with Gasteiger partial charge in [0.2, 0.25) is 0 Å². The molecule has 0 aromatic heterocycles. The van der Waals surface area contributed by atoms with Crippen LogP contribution in [0.3, 0.4) is 0 Å². The molecular weight excluding hydrogens is 250 g/mol. The number of nitrogens with zero attached hydrogens (tertiary/aromatic N) is 2. The second-order valence-electron chi connectivity index (χ2n) is 5.64. The summed E-state index contributed by atoms with van der Waals surface area (Å²) in [5.41, 5.74) is 3.26. The van der Waals surface area contributed by atoms with Crippen molar-refractivity contribution >= 4 is 11.6 Å². The second kappa shape index (κ2) is 6.75. The molecule has 0 bridgehead atoms. The van der Waals surface area contributed by atoms with Crippen molar-refractivity contribution in [3.05, 3.63) is 29.3 Å². The Hall–Kier alpha value is -1.55. The van der Waals surface area contributed by atoms with Crippen LogP contribution in [0.2, 0.25) is 0 Å². The molecule has 0 aliphatic carbocycles. The Kier molecular flexibility index (Phi) is 5.01. The van der Waals surface area contributed by atoms with E-state index in [0.717, 1.165) is 44.6 Å². The van der Waals surface area contributed by atoms with Crippen LogP contribution in [0.1, 0.15) is 29.3 Å². The van der Waals surface area contributed by atoms with Crippen LogP contribution in [-0.4, -0.2) is 56.0 Å². The largest absolute Gasteiger partial charge is 0.384 e. The fourth-order valence-corrected chi connectivity index (χ4v) is 2.53. The lowest BCUT2D eigenvalue weighted by atomic mass is 10.1. The fraction of sp³-hybridized carbons (Fsp3) is 0.562. The average Bonchev–Trinajstić information content (AvgIpc) is 2.89. The third-order valence-corrected chi connectivity index (χ3v) is 3.66. The van der Waals surface area contributed by atoms with E-state index < -0.39 is 0 Å². The molecule has 4 nitrogen and oxygen atoms in total. The van der Waals surface area contributed by atoms with E-state index in [0.29, 0.717) is 0 Å². The minimum Gasteiger partial charge on any atom is -0.384 e. The zero-order valence-corrected chi connectivity index (χ0v) is 12.8. The molecule has 1 heterocycles. The van der Waals surface area contributed by atoms with Crippen LogP contribution in [0.4, 0.5) is 5.69 Å². The van der Waals surface area contributed by atoms with E-state index in [1.165, 1.54) is 11.3 Å². The molecule has 0 saturated heterocycles. The first-order chi connectivity index (χ1) is 9.61. The van der Waals surface area contributed by atoms with Crippen molar-refractivity contribution in [3.8, 4) is 0 Å². The Labute approximate surface area is 121 Å². The predicted octanol–water partition coefficient (Wildman–Crippen LogP) is 2.07. The zero-order chi connectivity index (χ0) is 14.5. The van der Waals surface area contributed by atoms with E-state index in [-0.39, 0.29) is 5.91 Å². The van der Waals surface area contributed by atoms with Crippen molar-refractivity contribution in [1.29, 1.82) is 0 Å². The van der Waals surface area contributed by atoms with E-state index in [9.17, 15) is 4.79 Å². The number of hydrogen-bond acceptors (Lipinski definition) is 3. The van der Waals surface area contributed by atoms with E-state index >= 15 is 0 Å². The third-order valence-electron chi connectivity index (χ3n) is 3.66. The highest BCUT2D eigenvalue weighted by atomic mass is 16.2. The lowest BCUT2D eigenvalue weighted by Crippen LogP contribution is -2.37. The standard InChI is InChI=1S/C16H25N3O/c1-4-9-19(11-10-18(2)3)16(20)14-5-6-15-13(12-14)7-8-17-15/h5-6,12,17H,4,7-11H2,1-3H3. The molecule has 1 aliphatic heterocycles. The molecule has 0 spiro atoms. The summed E-state index contributed by atoms with van der Waals surface area (Å²) in [7, 11) is 4.07. The summed E-state index contributed by atoms with van der Waals surface area (Å²) in [4.78, 5) is 16.7. The van der Waals surface area contributed by atoms with Gasteiger partial charge in [0.15, 0.2) is 0 Å². The normalized spacial score (nSPS) is 13.2. The van der Waals surface area contributed by atoms with Gasteiger partial charge in [0.25, 0.3) is 5.91 Å². The predicted molar refractivity (Wildman–Crippen MR) is 83.4 cm³/mol. The van der Waals surface area contributed by atoms with Gasteiger partial charge in [0.05, 0.1) is 0 Å². The van der Waals surface area contributed by atoms with Crippen molar-refractivity contribution in [2.45, 2.75) is 19.8 Å². The first-order valence-corrected chi connectivity index (χ1v) is 7.42. The highest BCUT2D eigenvalue weighted by Crippen LogP contribution is 2.23. The number of rotatable bonds is 6. The molecule has 0 saturated carbocycles. The van der Waals surface area contributed by atoms with Crippen molar-refractivity contribution in [2.24, 2.45) is 0 Å². The van der Waals surface area contributed by atoms with Gasteiger partial charge in [-0.15, -0.1) is 0 Å². The number of hydrogen-bond donors (Lipinski definition) is 1. The Morgan fingerprint density at radius 1 is 1.25 bits per heavy atom. The molecule has 0 atom stereocenters. The van der Waals surface area contributed by atoms with Crippen LogP contribution >= 0.6 is 0 Å². The summed E-state index contributed by atoms with van der Waals surface area (Å²) in [6, 6.07) is 6.03. The van der Waals surface area contributed by atoms with Crippen LogP contribution < -0.4 is 5.32 Å². The van der Waals surface area contributed by atoms with Gasteiger partial charge in [-0.05, 0) is 50.7 Å². The fourth-order valence-electron chi connectivity index (χ4n) is 2.53. The number of likely N-dealkylation sites (N-methyl/N-ethyl adjacent to an activating group) is 1. The number of amides is 1. The highest BCUT2D eigenvalue weighted by Gasteiger charge is 2.18. The number of carbonyl (C=O) groups is 1. The van der Waals surface area contributed by atoms with Crippen LogP contribution in [0.25, 0.3) is 0 Å². The molecule has 20 heavy (non-hydrogen) atoms. The second-order valence-corrected chi connectivity index (χ2v) is 5.64. The van der Waals surface area contributed by atoms with Gasteiger partial charge in [0.1, 0.15) is 0 Å². The maximum atomic E-state index is 12.6. The monoisotopic (exact) mass is 275 g/mol. The van der Waals surface area contributed by atoms with Crippen LogP contribution in [0.15, 0.2) is 18.2 Å². The minimum atomic E-state index is 0.156. The van der Waals surface area contributed by atoms with Gasteiger partial charge >= 0.3 is 0 Å². The van der Waals surface area contributed by atoms with Gasteiger partial charge in [-0.3, -0.25) is 4.79 Å². The van der Waals surface area contributed by atoms with Gasteiger partial charge in [0, 0.05) is 37.4 Å². The third kappa shape index (κ3) is 3.51. The summed E-state index contributed by atoms with van der Waals surface area (Å²) >= 11 is 0. The average molecular weight is 275 g/mol. The molecule has 0 unspecified atom stereocenters. The summed E-state index contributed by atoms with van der Waals surface area (Å²) < 4.78 is 0. The number of benzene rings is 1.